The topological polar surface area (TPSA) is 108 Å². The Hall–Kier alpha value is -1.80. The van der Waals surface area contributed by atoms with Gasteiger partial charge in [0, 0.05) is 6.42 Å². The average molecular weight is 1070 g/mol. The maximum absolute atomic E-state index is 13.0. The molecule has 0 bridgehead atoms. The third-order valence-corrected chi connectivity index (χ3v) is 15.5. The van der Waals surface area contributed by atoms with Crippen molar-refractivity contribution in [3.05, 3.63) is 60.8 Å². The van der Waals surface area contributed by atoms with E-state index in [-0.39, 0.29) is 19.1 Å². The van der Waals surface area contributed by atoms with Crippen molar-refractivity contribution in [1.82, 2.24) is 5.32 Å². The number of carbonyl (C=O) groups is 1. The summed E-state index contributed by atoms with van der Waals surface area (Å²) in [5.41, 5.74) is 0. The molecule has 0 aliphatic heterocycles. The van der Waals surface area contributed by atoms with Gasteiger partial charge in [-0.1, -0.05) is 299 Å². The number of amides is 1. The highest BCUT2D eigenvalue weighted by Crippen LogP contribution is 2.38. The molecule has 3 atom stereocenters. The number of likely N-dealkylation sites (N-methyl/N-ethyl adjacent to an activating group) is 1. The normalized spacial score (nSPS) is 14.2. The van der Waals surface area contributed by atoms with Crippen LogP contribution < -0.4 is 10.2 Å². The fourth-order valence-electron chi connectivity index (χ4n) is 9.54. The van der Waals surface area contributed by atoms with Crippen LogP contribution in [0.25, 0.3) is 0 Å². The van der Waals surface area contributed by atoms with Gasteiger partial charge in [0.2, 0.25) is 5.91 Å². The number of carbonyl (C=O) groups excluding carboxylic acids is 1. The van der Waals surface area contributed by atoms with E-state index in [1.165, 1.54) is 205 Å². The second-order valence-corrected chi connectivity index (χ2v) is 24.5. The number of allylic oxidation sites excluding steroid dienone is 10. The Labute approximate surface area is 466 Å². The molecule has 1 amide bonds. The van der Waals surface area contributed by atoms with E-state index >= 15 is 0 Å². The highest BCUT2D eigenvalue weighted by Gasteiger charge is 2.24. The quantitative estimate of drug-likeness (QED) is 0.0272. The molecule has 0 aromatic rings. The molecule has 8 nitrogen and oxygen atoms in total. The molecule has 0 aliphatic rings. The lowest BCUT2D eigenvalue weighted by Crippen LogP contribution is -2.46. The van der Waals surface area contributed by atoms with Crippen molar-refractivity contribution in [3.8, 4) is 0 Å². The molecule has 2 N–H and O–H groups in total. The van der Waals surface area contributed by atoms with Gasteiger partial charge >= 0.3 is 0 Å². The van der Waals surface area contributed by atoms with E-state index in [1.54, 1.807) is 0 Å². The third kappa shape index (κ3) is 59.7. The van der Waals surface area contributed by atoms with E-state index in [2.05, 4.69) is 79.9 Å². The van der Waals surface area contributed by atoms with Crippen LogP contribution in [0.5, 0.6) is 0 Å². The molecule has 0 heterocycles. The summed E-state index contributed by atoms with van der Waals surface area (Å²) < 4.78 is 23.5. The van der Waals surface area contributed by atoms with Gasteiger partial charge in [-0.3, -0.25) is 9.36 Å². The first-order valence-corrected chi connectivity index (χ1v) is 33.6. The fourth-order valence-corrected chi connectivity index (χ4v) is 10.3. The van der Waals surface area contributed by atoms with Gasteiger partial charge in [0.05, 0.1) is 39.9 Å². The zero-order valence-corrected chi connectivity index (χ0v) is 51.1. The number of rotatable bonds is 59. The van der Waals surface area contributed by atoms with Crippen molar-refractivity contribution >= 4 is 13.7 Å². The molecule has 0 spiro atoms. The first-order valence-electron chi connectivity index (χ1n) is 32.1. The summed E-state index contributed by atoms with van der Waals surface area (Å²) >= 11 is 0. The second kappa shape index (κ2) is 56.9. The van der Waals surface area contributed by atoms with E-state index in [9.17, 15) is 19.4 Å². The smallest absolute Gasteiger partial charge is 0.268 e. The van der Waals surface area contributed by atoms with Crippen LogP contribution in [0.2, 0.25) is 0 Å². The van der Waals surface area contributed by atoms with Gasteiger partial charge in [-0.05, 0) is 57.8 Å². The molecular formula is C66H125N2O6P. The van der Waals surface area contributed by atoms with Crippen LogP contribution in [0.4, 0.5) is 0 Å². The predicted octanol–water partition coefficient (Wildman–Crippen LogP) is 19.4. The molecule has 0 saturated carbocycles. The van der Waals surface area contributed by atoms with Crippen molar-refractivity contribution in [3.63, 3.8) is 0 Å². The number of phosphoric ester groups is 1. The first kappa shape index (κ1) is 73.2. The zero-order chi connectivity index (χ0) is 54.9. The molecule has 0 saturated heterocycles. The fraction of sp³-hybridized carbons (Fsp3) is 0.833. The molecule has 0 radical (unpaired) electrons. The van der Waals surface area contributed by atoms with Gasteiger partial charge in [-0.25, -0.2) is 0 Å². The van der Waals surface area contributed by atoms with E-state index in [1.807, 2.05) is 21.1 Å². The molecule has 0 aliphatic carbocycles. The lowest BCUT2D eigenvalue weighted by atomic mass is 10.0. The highest BCUT2D eigenvalue weighted by atomic mass is 31.2. The minimum absolute atomic E-state index is 0.0112. The minimum atomic E-state index is -4.58. The van der Waals surface area contributed by atoms with Crippen LogP contribution >= 0.6 is 7.82 Å². The summed E-state index contributed by atoms with van der Waals surface area (Å²) in [5, 5.41) is 14.1. The number of aliphatic hydroxyl groups is 1. The Morgan fingerprint density at radius 2 is 0.813 bits per heavy atom. The molecule has 440 valence electrons. The number of hydrogen-bond donors (Lipinski definition) is 2. The van der Waals surface area contributed by atoms with Gasteiger partial charge < -0.3 is 28.8 Å². The van der Waals surface area contributed by atoms with Gasteiger partial charge in [-0.15, -0.1) is 0 Å². The van der Waals surface area contributed by atoms with Crippen LogP contribution in [0.15, 0.2) is 60.8 Å². The van der Waals surface area contributed by atoms with Crippen molar-refractivity contribution in [2.75, 3.05) is 40.9 Å². The molecule has 0 rings (SSSR count). The van der Waals surface area contributed by atoms with Crippen LogP contribution in [-0.4, -0.2) is 68.5 Å². The van der Waals surface area contributed by atoms with E-state index in [0.717, 1.165) is 70.6 Å². The number of aliphatic hydroxyl groups excluding tert-OH is 1. The SMILES string of the molecule is CC/C=C\C/C=C\C/C=C\C/C=C\C/C=C\CCCCCCCCCCCCCCCC(=O)NC(COP(=O)([O-])OCC[N+](C)(C)C)C(O)CCCCCCCCCCCCCCCCCCCCCCCCCC. The average Bonchev–Trinajstić information content (AvgIpc) is 3.37. The van der Waals surface area contributed by atoms with Crippen LogP contribution in [0, 0.1) is 0 Å². The van der Waals surface area contributed by atoms with Crippen molar-refractivity contribution < 1.29 is 32.9 Å². The number of nitrogens with one attached hydrogen (secondary N) is 1. The van der Waals surface area contributed by atoms with Gasteiger partial charge in [0.25, 0.3) is 7.82 Å². The van der Waals surface area contributed by atoms with E-state index < -0.39 is 20.0 Å². The lowest BCUT2D eigenvalue weighted by Gasteiger charge is -2.30. The number of hydrogen-bond acceptors (Lipinski definition) is 6. The maximum atomic E-state index is 13.0. The molecule has 3 unspecified atom stereocenters. The summed E-state index contributed by atoms with van der Waals surface area (Å²) in [7, 11) is 1.31. The van der Waals surface area contributed by atoms with Crippen molar-refractivity contribution in [2.45, 2.75) is 315 Å². The second-order valence-electron chi connectivity index (χ2n) is 23.1. The minimum Gasteiger partial charge on any atom is -0.756 e. The largest absolute Gasteiger partial charge is 0.756 e. The van der Waals surface area contributed by atoms with Crippen LogP contribution in [0.1, 0.15) is 303 Å². The predicted molar refractivity (Wildman–Crippen MR) is 325 cm³/mol. The Bertz CT molecular complexity index is 1400. The molecule has 75 heavy (non-hydrogen) atoms. The summed E-state index contributed by atoms with van der Waals surface area (Å²) in [6.07, 6.45) is 77.0. The number of quaternary nitrogens is 1. The number of phosphoric acid groups is 1. The molecule has 9 heteroatoms. The Morgan fingerprint density at radius 3 is 1.19 bits per heavy atom. The molecular weight excluding hydrogens is 948 g/mol. The van der Waals surface area contributed by atoms with E-state index in [4.69, 9.17) is 9.05 Å². The van der Waals surface area contributed by atoms with E-state index in [0.29, 0.717) is 23.9 Å². The molecule has 0 aromatic heterocycles. The summed E-state index contributed by atoms with van der Waals surface area (Å²) in [6, 6.07) is -0.805. The van der Waals surface area contributed by atoms with Crippen LogP contribution in [0.3, 0.4) is 0 Å². The summed E-state index contributed by atoms with van der Waals surface area (Å²) in [5.74, 6) is -0.164. The Kier molecular flexibility index (Phi) is 55.5. The van der Waals surface area contributed by atoms with Gasteiger partial charge in [0.1, 0.15) is 13.2 Å². The Morgan fingerprint density at radius 1 is 0.480 bits per heavy atom. The summed E-state index contributed by atoms with van der Waals surface area (Å²) in [4.78, 5) is 25.6. The maximum Gasteiger partial charge on any atom is 0.268 e. The summed E-state index contributed by atoms with van der Waals surface area (Å²) in [6.45, 7) is 4.64. The number of nitrogens with zero attached hydrogens (tertiary/aromatic N) is 1. The molecule has 0 aromatic carbocycles. The highest BCUT2D eigenvalue weighted by molar-refractivity contribution is 7.45. The molecule has 0 fully saturated rings. The van der Waals surface area contributed by atoms with Crippen LogP contribution in [-0.2, 0) is 18.4 Å². The standard InChI is InChI=1S/C66H125N2O6P/c1-6-8-10-12-14-16-18-20-22-24-26-28-30-32-33-34-35-36-38-40-42-44-46-48-50-52-54-56-58-60-66(70)67-64(63-74-75(71,72)73-62-61-68(3,4)5)65(69)59-57-55-53-51-49-47-45-43-41-39-37-31-29-27-25-23-21-19-17-15-13-11-9-7-2/h8,10,14,16,20,22,26,28,32-33,64-65,69H,6-7,9,11-13,15,17-19,21,23-25,27,29-31,34-63H2,1-5H3,(H-,67,70,71,72)/b10-8-,16-14-,22-20-,28-26-,33-32-. The van der Waals surface area contributed by atoms with Crippen molar-refractivity contribution in [1.29, 1.82) is 0 Å². The zero-order valence-electron chi connectivity index (χ0n) is 50.3. The number of unbranched alkanes of at least 4 members (excludes halogenated alkanes) is 36. The monoisotopic (exact) mass is 1070 g/mol. The first-order chi connectivity index (χ1) is 36.5. The van der Waals surface area contributed by atoms with Gasteiger partial charge in [-0.2, -0.15) is 0 Å². The van der Waals surface area contributed by atoms with Gasteiger partial charge in [0.15, 0.2) is 0 Å². The lowest BCUT2D eigenvalue weighted by molar-refractivity contribution is -0.870. The Balaban J connectivity index is 4.10. The third-order valence-electron chi connectivity index (χ3n) is 14.5. The van der Waals surface area contributed by atoms with Crippen molar-refractivity contribution in [2.24, 2.45) is 0 Å².